The van der Waals surface area contributed by atoms with Crippen molar-refractivity contribution in [2.45, 2.75) is 13.8 Å². The molecule has 6 nitrogen and oxygen atoms in total. The zero-order chi connectivity index (χ0) is 25.7. The van der Waals surface area contributed by atoms with Crippen LogP contribution in [0.3, 0.4) is 0 Å². The molecule has 1 aliphatic rings. The predicted octanol–water partition coefficient (Wildman–Crippen LogP) is 6.47. The Hall–Kier alpha value is -3.33. The minimum atomic E-state index is -0.275. The highest BCUT2D eigenvalue weighted by molar-refractivity contribution is 8.27. The van der Waals surface area contributed by atoms with E-state index in [2.05, 4.69) is 5.32 Å². The molecule has 9 heteroatoms. The summed E-state index contributed by atoms with van der Waals surface area (Å²) < 4.78 is 11.4. The van der Waals surface area contributed by atoms with Gasteiger partial charge in [-0.3, -0.25) is 14.5 Å². The zero-order valence-corrected chi connectivity index (χ0v) is 22.0. The lowest BCUT2D eigenvalue weighted by molar-refractivity contribution is -0.118. The normalized spacial score (nSPS) is 14.3. The van der Waals surface area contributed by atoms with Gasteiger partial charge in [0, 0.05) is 10.7 Å². The summed E-state index contributed by atoms with van der Waals surface area (Å²) in [4.78, 5) is 27.2. The minimum absolute atomic E-state index is 0.135. The lowest BCUT2D eigenvalue weighted by Crippen LogP contribution is -2.27. The summed E-state index contributed by atoms with van der Waals surface area (Å²) in [6.45, 7) is 4.26. The number of nitrogens with one attached hydrogen (secondary N) is 1. The average molecular weight is 539 g/mol. The molecule has 0 aromatic heterocycles. The van der Waals surface area contributed by atoms with Gasteiger partial charge in [0.15, 0.2) is 10.9 Å². The van der Waals surface area contributed by atoms with Crippen molar-refractivity contribution < 1.29 is 19.1 Å². The van der Waals surface area contributed by atoms with E-state index in [1.54, 1.807) is 48.5 Å². The number of hydrogen-bond donors (Lipinski definition) is 1. The van der Waals surface area contributed by atoms with Gasteiger partial charge in [0.1, 0.15) is 11.5 Å². The molecule has 0 atom stereocenters. The maximum atomic E-state index is 13.0. The molecule has 36 heavy (non-hydrogen) atoms. The van der Waals surface area contributed by atoms with Crippen molar-refractivity contribution in [1.82, 2.24) is 0 Å². The fourth-order valence-corrected chi connectivity index (χ4v) is 4.84. The lowest BCUT2D eigenvalue weighted by Gasteiger charge is -2.15. The van der Waals surface area contributed by atoms with E-state index in [1.807, 2.05) is 38.1 Å². The summed E-state index contributed by atoms with van der Waals surface area (Å²) in [5, 5.41) is 3.36. The van der Waals surface area contributed by atoms with Crippen molar-refractivity contribution >= 4 is 69.2 Å². The molecule has 0 aliphatic carbocycles. The Bertz CT molecular complexity index is 1320. The minimum Gasteiger partial charge on any atom is -0.494 e. The summed E-state index contributed by atoms with van der Waals surface area (Å²) in [5.74, 6) is 0.809. The molecule has 184 valence electrons. The van der Waals surface area contributed by atoms with Crippen molar-refractivity contribution in [1.29, 1.82) is 0 Å². The van der Waals surface area contributed by atoms with Crippen LogP contribution < -0.4 is 19.7 Å². The second-order valence-electron chi connectivity index (χ2n) is 7.81. The number of thioether (sulfide) groups is 1. The number of ether oxygens (including phenoxy) is 2. The molecule has 3 aromatic carbocycles. The van der Waals surface area contributed by atoms with Gasteiger partial charge in [-0.15, -0.1) is 0 Å². The van der Waals surface area contributed by atoms with E-state index >= 15 is 0 Å². The molecule has 1 fully saturated rings. The molecule has 1 heterocycles. The number of rotatable bonds is 8. The third-order valence-corrected chi connectivity index (χ3v) is 6.91. The molecule has 0 bridgehead atoms. The van der Waals surface area contributed by atoms with E-state index in [4.69, 9.17) is 33.3 Å². The topological polar surface area (TPSA) is 67.9 Å². The molecule has 0 spiro atoms. The first-order chi connectivity index (χ1) is 17.3. The number of carbonyl (C=O) groups is 2. The maximum absolute atomic E-state index is 13.0. The molecule has 1 saturated heterocycles. The van der Waals surface area contributed by atoms with Gasteiger partial charge in [-0.1, -0.05) is 53.8 Å². The molecule has 0 saturated carbocycles. The predicted molar refractivity (Wildman–Crippen MR) is 150 cm³/mol. The van der Waals surface area contributed by atoms with Crippen LogP contribution in [0.1, 0.15) is 18.1 Å². The van der Waals surface area contributed by atoms with Gasteiger partial charge >= 0.3 is 0 Å². The van der Waals surface area contributed by atoms with Crippen LogP contribution in [0.2, 0.25) is 5.02 Å². The summed E-state index contributed by atoms with van der Waals surface area (Å²) in [6.07, 6.45) is 1.78. The van der Waals surface area contributed by atoms with Crippen molar-refractivity contribution in [3.8, 4) is 11.5 Å². The molecule has 2 amide bonds. The molecule has 4 rings (SSSR count). The fraction of sp³-hybridized carbons (Fsp3) is 0.148. The van der Waals surface area contributed by atoms with E-state index in [1.165, 1.54) is 16.7 Å². The smallest absolute Gasteiger partial charge is 0.270 e. The summed E-state index contributed by atoms with van der Waals surface area (Å²) in [7, 11) is 0. The maximum Gasteiger partial charge on any atom is 0.270 e. The fourth-order valence-electron chi connectivity index (χ4n) is 3.37. The van der Waals surface area contributed by atoms with Crippen LogP contribution in [-0.4, -0.2) is 29.3 Å². The first-order valence-electron chi connectivity index (χ1n) is 11.1. The molecule has 0 radical (unpaired) electrons. The first-order valence-corrected chi connectivity index (χ1v) is 12.7. The van der Waals surface area contributed by atoms with Gasteiger partial charge < -0.3 is 14.8 Å². The Morgan fingerprint density at radius 3 is 2.39 bits per heavy atom. The highest BCUT2D eigenvalue weighted by Crippen LogP contribution is 2.37. The van der Waals surface area contributed by atoms with Gasteiger partial charge in [-0.25, -0.2) is 0 Å². The summed E-state index contributed by atoms with van der Waals surface area (Å²) in [6, 6.07) is 19.7. The van der Waals surface area contributed by atoms with Crippen molar-refractivity contribution in [3.05, 3.63) is 87.8 Å². The van der Waals surface area contributed by atoms with E-state index in [-0.39, 0.29) is 18.4 Å². The average Bonchev–Trinajstić information content (AvgIpc) is 3.14. The largest absolute Gasteiger partial charge is 0.494 e. The molecule has 1 N–H and O–H groups in total. The number of halogens is 1. The second kappa shape index (κ2) is 11.6. The third kappa shape index (κ3) is 6.26. The number of amides is 2. The van der Waals surface area contributed by atoms with Crippen LogP contribution >= 0.6 is 35.6 Å². The Kier molecular flexibility index (Phi) is 8.30. The van der Waals surface area contributed by atoms with E-state index in [0.29, 0.717) is 38.0 Å². The highest BCUT2D eigenvalue weighted by Gasteiger charge is 2.33. The van der Waals surface area contributed by atoms with E-state index in [0.717, 1.165) is 16.9 Å². The van der Waals surface area contributed by atoms with Crippen LogP contribution in [0, 0.1) is 6.92 Å². The monoisotopic (exact) mass is 538 g/mol. The number of hydrogen-bond acceptors (Lipinski definition) is 6. The SMILES string of the molecule is CCOc1ccc(NC(=O)COc2ccc(/C=C3\SC(=S)N(c4ccc(C)c(Cl)c4)C3=O)cc2)cc1. The quantitative estimate of drug-likeness (QED) is 0.262. The van der Waals surface area contributed by atoms with Crippen LogP contribution in [0.4, 0.5) is 11.4 Å². The van der Waals surface area contributed by atoms with Crippen LogP contribution in [-0.2, 0) is 9.59 Å². The molecular weight excluding hydrogens is 516 g/mol. The first kappa shape index (κ1) is 25.8. The van der Waals surface area contributed by atoms with Crippen LogP contribution in [0.25, 0.3) is 6.08 Å². The van der Waals surface area contributed by atoms with Gasteiger partial charge in [0.25, 0.3) is 11.8 Å². The molecular formula is C27H23ClN2O4S2. The number of thiocarbonyl (C=S) groups is 1. The van der Waals surface area contributed by atoms with Gasteiger partial charge in [0.2, 0.25) is 0 Å². The third-order valence-electron chi connectivity index (χ3n) is 5.20. The van der Waals surface area contributed by atoms with Gasteiger partial charge in [-0.05, 0) is 79.6 Å². The van der Waals surface area contributed by atoms with Gasteiger partial charge in [-0.2, -0.15) is 0 Å². The van der Waals surface area contributed by atoms with Crippen LogP contribution in [0.15, 0.2) is 71.6 Å². The van der Waals surface area contributed by atoms with Crippen LogP contribution in [0.5, 0.6) is 11.5 Å². The van der Waals surface area contributed by atoms with Crippen molar-refractivity contribution in [3.63, 3.8) is 0 Å². The summed E-state index contributed by atoms with van der Waals surface area (Å²) >= 11 is 12.9. The number of carbonyl (C=O) groups excluding carboxylic acids is 2. The summed E-state index contributed by atoms with van der Waals surface area (Å²) in [5.41, 5.74) is 3.04. The Balaban J connectivity index is 1.34. The Labute approximate surface area is 224 Å². The van der Waals surface area contributed by atoms with E-state index < -0.39 is 0 Å². The molecule has 3 aromatic rings. The zero-order valence-electron chi connectivity index (χ0n) is 19.6. The van der Waals surface area contributed by atoms with Crippen molar-refractivity contribution in [2.75, 3.05) is 23.4 Å². The van der Waals surface area contributed by atoms with Gasteiger partial charge in [0.05, 0.1) is 17.2 Å². The lowest BCUT2D eigenvalue weighted by atomic mass is 10.2. The van der Waals surface area contributed by atoms with E-state index in [9.17, 15) is 9.59 Å². The molecule has 0 unspecified atom stereocenters. The molecule has 1 aliphatic heterocycles. The van der Waals surface area contributed by atoms with Crippen molar-refractivity contribution in [2.24, 2.45) is 0 Å². The Morgan fingerprint density at radius 1 is 1.06 bits per heavy atom. The second-order valence-corrected chi connectivity index (χ2v) is 9.90. The highest BCUT2D eigenvalue weighted by atomic mass is 35.5. The number of nitrogens with zero attached hydrogens (tertiary/aromatic N) is 1. The number of anilines is 2. The Morgan fingerprint density at radius 2 is 1.72 bits per heavy atom. The number of benzene rings is 3. The standard InChI is InChI=1S/C27H23ClN2O4S2/c1-3-33-21-12-7-19(8-13-21)29-25(31)16-34-22-10-5-18(6-11-22)14-24-26(32)30(27(35)36-24)20-9-4-17(2)23(28)15-20/h4-15H,3,16H2,1-2H3,(H,29,31)/b24-14-. The number of aryl methyl sites for hydroxylation is 1.